The van der Waals surface area contributed by atoms with Crippen LogP contribution in [0.2, 0.25) is 0 Å². The van der Waals surface area contributed by atoms with Crippen LogP contribution in [0.1, 0.15) is 21.7 Å². The van der Waals surface area contributed by atoms with Gasteiger partial charge in [-0.1, -0.05) is 35.5 Å². The smallest absolute Gasteiger partial charge is 0.277 e. The normalized spacial score (nSPS) is 10.8. The predicted octanol–water partition coefficient (Wildman–Crippen LogP) is 3.13. The summed E-state index contributed by atoms with van der Waals surface area (Å²) in [6.45, 7) is 1.66. The molecule has 132 valence electrons. The number of benzene rings is 2. The lowest BCUT2D eigenvalue weighted by Crippen LogP contribution is -2.18. The summed E-state index contributed by atoms with van der Waals surface area (Å²) in [6.07, 6.45) is 1.34. The molecule has 0 saturated carbocycles. The maximum atomic E-state index is 12.5. The standard InChI is InChI=1S/C19H17N3O4/c1-12-17(18(22-26-12)13-6-4-3-5-7-13)19(24)21-20-11-14-8-9-15(25-2)10-16(14)23/h3-11,23H,1-2H3,(H,21,24)/b20-11-. The highest BCUT2D eigenvalue weighted by Gasteiger charge is 2.21. The number of aromatic hydroxyl groups is 1. The molecular weight excluding hydrogens is 334 g/mol. The topological polar surface area (TPSA) is 97.0 Å². The van der Waals surface area contributed by atoms with Crippen LogP contribution in [0.25, 0.3) is 11.3 Å². The second kappa shape index (κ2) is 7.52. The molecular formula is C19H17N3O4. The van der Waals surface area contributed by atoms with E-state index in [4.69, 9.17) is 9.26 Å². The molecule has 3 rings (SSSR count). The Morgan fingerprint density at radius 2 is 2.04 bits per heavy atom. The van der Waals surface area contributed by atoms with Crippen LogP contribution < -0.4 is 10.2 Å². The summed E-state index contributed by atoms with van der Waals surface area (Å²) in [4.78, 5) is 12.5. The lowest BCUT2D eigenvalue weighted by atomic mass is 10.1. The van der Waals surface area contributed by atoms with Gasteiger partial charge in [0.15, 0.2) is 0 Å². The molecule has 0 unspecified atom stereocenters. The number of aryl methyl sites for hydroxylation is 1. The van der Waals surface area contributed by atoms with Gasteiger partial charge in [0, 0.05) is 17.2 Å². The molecule has 0 bridgehead atoms. The molecule has 0 atom stereocenters. The van der Waals surface area contributed by atoms with Gasteiger partial charge < -0.3 is 14.4 Å². The zero-order chi connectivity index (χ0) is 18.5. The first kappa shape index (κ1) is 17.2. The van der Waals surface area contributed by atoms with E-state index in [9.17, 15) is 9.90 Å². The van der Waals surface area contributed by atoms with Gasteiger partial charge in [0.2, 0.25) is 0 Å². The fourth-order valence-corrected chi connectivity index (χ4v) is 2.41. The Hall–Kier alpha value is -3.61. The van der Waals surface area contributed by atoms with Gasteiger partial charge in [0.05, 0.1) is 13.3 Å². The van der Waals surface area contributed by atoms with Crippen molar-refractivity contribution < 1.29 is 19.2 Å². The molecule has 0 fully saturated rings. The highest BCUT2D eigenvalue weighted by molar-refractivity contribution is 6.01. The Morgan fingerprint density at radius 3 is 2.73 bits per heavy atom. The molecule has 0 aliphatic carbocycles. The molecule has 0 aliphatic heterocycles. The number of carbonyl (C=O) groups excluding carboxylic acids is 1. The Kier molecular flexibility index (Phi) is 4.98. The van der Waals surface area contributed by atoms with Crippen LogP contribution in [0.3, 0.4) is 0 Å². The number of rotatable bonds is 5. The number of amides is 1. The Balaban J connectivity index is 1.78. The van der Waals surface area contributed by atoms with Gasteiger partial charge in [-0.3, -0.25) is 4.79 Å². The third-order valence-electron chi connectivity index (χ3n) is 3.74. The van der Waals surface area contributed by atoms with Gasteiger partial charge in [0.1, 0.15) is 28.5 Å². The minimum absolute atomic E-state index is 0.00604. The second-order valence-electron chi connectivity index (χ2n) is 5.45. The van der Waals surface area contributed by atoms with Crippen LogP contribution in [0.4, 0.5) is 0 Å². The second-order valence-corrected chi connectivity index (χ2v) is 5.45. The van der Waals surface area contributed by atoms with Crippen LogP contribution in [0.15, 0.2) is 58.2 Å². The number of hydrazone groups is 1. The summed E-state index contributed by atoms with van der Waals surface area (Å²) < 4.78 is 10.2. The Morgan fingerprint density at radius 1 is 1.27 bits per heavy atom. The Labute approximate surface area is 149 Å². The maximum absolute atomic E-state index is 12.5. The van der Waals surface area contributed by atoms with E-state index in [1.807, 2.05) is 30.3 Å². The summed E-state index contributed by atoms with van der Waals surface area (Å²) in [6, 6.07) is 14.0. The average Bonchev–Trinajstić information content (AvgIpc) is 3.05. The monoisotopic (exact) mass is 351 g/mol. The van der Waals surface area contributed by atoms with E-state index in [1.165, 1.54) is 19.4 Å². The Bertz CT molecular complexity index is 949. The van der Waals surface area contributed by atoms with E-state index in [1.54, 1.807) is 19.1 Å². The molecule has 7 heteroatoms. The van der Waals surface area contributed by atoms with Crippen LogP contribution in [-0.4, -0.2) is 29.5 Å². The van der Waals surface area contributed by atoms with Crippen molar-refractivity contribution in [3.8, 4) is 22.8 Å². The van der Waals surface area contributed by atoms with Crippen molar-refractivity contribution in [2.45, 2.75) is 6.92 Å². The van der Waals surface area contributed by atoms with E-state index in [0.717, 1.165) is 5.56 Å². The van der Waals surface area contributed by atoms with Crippen LogP contribution in [0, 0.1) is 6.92 Å². The molecule has 1 heterocycles. The molecule has 7 nitrogen and oxygen atoms in total. The van der Waals surface area contributed by atoms with Gasteiger partial charge >= 0.3 is 0 Å². The molecule has 26 heavy (non-hydrogen) atoms. The number of nitrogens with zero attached hydrogens (tertiary/aromatic N) is 2. The molecule has 0 aliphatic rings. The number of phenols is 1. The van der Waals surface area contributed by atoms with Crippen molar-refractivity contribution in [3.63, 3.8) is 0 Å². The van der Waals surface area contributed by atoms with Crippen molar-refractivity contribution in [1.29, 1.82) is 0 Å². The number of hydrogen-bond acceptors (Lipinski definition) is 6. The van der Waals surface area contributed by atoms with Gasteiger partial charge in [-0.15, -0.1) is 0 Å². The summed E-state index contributed by atoms with van der Waals surface area (Å²) in [7, 11) is 1.51. The van der Waals surface area contributed by atoms with Gasteiger partial charge in [0.25, 0.3) is 5.91 Å². The maximum Gasteiger partial charge on any atom is 0.277 e. The summed E-state index contributed by atoms with van der Waals surface area (Å²) in [5.74, 6) is 0.459. The minimum atomic E-state index is -0.452. The summed E-state index contributed by atoms with van der Waals surface area (Å²) in [5, 5.41) is 17.8. The van der Waals surface area contributed by atoms with E-state index >= 15 is 0 Å². The molecule has 2 N–H and O–H groups in total. The van der Waals surface area contributed by atoms with Crippen molar-refractivity contribution in [2.75, 3.05) is 7.11 Å². The summed E-state index contributed by atoms with van der Waals surface area (Å²) in [5.41, 5.74) is 4.40. The molecule has 0 saturated heterocycles. The van der Waals surface area contributed by atoms with Crippen molar-refractivity contribution >= 4 is 12.1 Å². The zero-order valence-electron chi connectivity index (χ0n) is 14.3. The average molecular weight is 351 g/mol. The van der Waals surface area contributed by atoms with Crippen LogP contribution in [0.5, 0.6) is 11.5 Å². The van der Waals surface area contributed by atoms with Crippen molar-refractivity contribution in [1.82, 2.24) is 10.6 Å². The highest BCUT2D eigenvalue weighted by atomic mass is 16.5. The fraction of sp³-hybridized carbons (Fsp3) is 0.105. The molecule has 0 spiro atoms. The van der Waals surface area contributed by atoms with Crippen molar-refractivity contribution in [2.24, 2.45) is 5.10 Å². The van der Waals surface area contributed by atoms with E-state index in [2.05, 4.69) is 15.7 Å². The molecule has 0 radical (unpaired) electrons. The van der Waals surface area contributed by atoms with E-state index < -0.39 is 5.91 Å². The lowest BCUT2D eigenvalue weighted by molar-refractivity contribution is 0.0954. The van der Waals surface area contributed by atoms with Gasteiger partial charge in [-0.25, -0.2) is 5.43 Å². The highest BCUT2D eigenvalue weighted by Crippen LogP contribution is 2.25. The fourth-order valence-electron chi connectivity index (χ4n) is 2.41. The number of phenolic OH excluding ortho intramolecular Hbond substituents is 1. The lowest BCUT2D eigenvalue weighted by Gasteiger charge is -2.03. The van der Waals surface area contributed by atoms with E-state index in [-0.39, 0.29) is 5.75 Å². The van der Waals surface area contributed by atoms with Gasteiger partial charge in [-0.2, -0.15) is 5.10 Å². The molecule has 1 aromatic heterocycles. The number of carbonyl (C=O) groups is 1. The minimum Gasteiger partial charge on any atom is -0.507 e. The first-order chi connectivity index (χ1) is 12.6. The predicted molar refractivity (Wildman–Crippen MR) is 96.4 cm³/mol. The van der Waals surface area contributed by atoms with E-state index in [0.29, 0.717) is 28.3 Å². The quantitative estimate of drug-likeness (QED) is 0.544. The zero-order valence-corrected chi connectivity index (χ0v) is 14.3. The van der Waals surface area contributed by atoms with Gasteiger partial charge in [-0.05, 0) is 19.1 Å². The first-order valence-electron chi connectivity index (χ1n) is 7.82. The SMILES string of the molecule is COc1ccc(/C=N\NC(=O)c2c(-c3ccccc3)noc2C)c(O)c1. The van der Waals surface area contributed by atoms with Crippen molar-refractivity contribution in [3.05, 3.63) is 65.4 Å². The third-order valence-corrected chi connectivity index (χ3v) is 3.74. The molecule has 3 aromatic rings. The van der Waals surface area contributed by atoms with Crippen LogP contribution in [-0.2, 0) is 0 Å². The number of nitrogens with one attached hydrogen (secondary N) is 1. The number of hydrogen-bond donors (Lipinski definition) is 2. The largest absolute Gasteiger partial charge is 0.507 e. The third kappa shape index (κ3) is 3.56. The van der Waals surface area contributed by atoms with Crippen LogP contribution >= 0.6 is 0 Å². The molecule has 1 amide bonds. The summed E-state index contributed by atoms with van der Waals surface area (Å²) >= 11 is 0. The number of ether oxygens (including phenoxy) is 1. The molecule has 2 aromatic carbocycles. The number of methoxy groups -OCH3 is 1. The number of aromatic nitrogens is 1. The first-order valence-corrected chi connectivity index (χ1v) is 7.82.